The fourth-order valence-electron chi connectivity index (χ4n) is 1.71. The molecule has 0 fully saturated rings. The van der Waals surface area contributed by atoms with Crippen LogP contribution in [0.2, 0.25) is 0 Å². The number of rotatable bonds is 4. The summed E-state index contributed by atoms with van der Waals surface area (Å²) in [6.07, 6.45) is 1.41. The summed E-state index contributed by atoms with van der Waals surface area (Å²) < 4.78 is 18.2. The number of esters is 1. The summed E-state index contributed by atoms with van der Waals surface area (Å²) in [5, 5.41) is 2.91. The number of aromatic nitrogens is 1. The van der Waals surface area contributed by atoms with Gasteiger partial charge >= 0.3 is 5.97 Å². The molecule has 20 heavy (non-hydrogen) atoms. The van der Waals surface area contributed by atoms with Crippen LogP contribution in [0.4, 0.5) is 15.9 Å². The zero-order valence-corrected chi connectivity index (χ0v) is 10.9. The van der Waals surface area contributed by atoms with Crippen molar-refractivity contribution in [1.29, 1.82) is 0 Å². The average Bonchev–Trinajstić information content (AvgIpc) is 2.46. The SMILES string of the molecule is COC(=O)c1cc(N)cnc1NCc1ccccc1F. The molecule has 0 aliphatic heterocycles. The van der Waals surface area contributed by atoms with Crippen molar-refractivity contribution in [3.8, 4) is 0 Å². The van der Waals surface area contributed by atoms with Gasteiger partial charge in [-0.15, -0.1) is 0 Å². The van der Waals surface area contributed by atoms with Gasteiger partial charge in [0.2, 0.25) is 0 Å². The number of nitrogens with one attached hydrogen (secondary N) is 1. The van der Waals surface area contributed by atoms with E-state index in [1.54, 1.807) is 18.2 Å². The van der Waals surface area contributed by atoms with Crippen molar-refractivity contribution in [2.45, 2.75) is 6.54 Å². The molecule has 1 heterocycles. The molecule has 1 aromatic carbocycles. The van der Waals surface area contributed by atoms with Crippen LogP contribution in [0.25, 0.3) is 0 Å². The minimum absolute atomic E-state index is 0.202. The van der Waals surface area contributed by atoms with Gasteiger partial charge in [-0.2, -0.15) is 0 Å². The van der Waals surface area contributed by atoms with E-state index >= 15 is 0 Å². The first-order valence-corrected chi connectivity index (χ1v) is 5.93. The molecular weight excluding hydrogens is 261 g/mol. The monoisotopic (exact) mass is 275 g/mol. The standard InChI is InChI=1S/C14H14FN3O2/c1-20-14(19)11-6-10(16)8-18-13(11)17-7-9-4-2-3-5-12(9)15/h2-6,8H,7,16H2,1H3,(H,17,18). The Morgan fingerprint density at radius 3 is 2.90 bits per heavy atom. The average molecular weight is 275 g/mol. The molecule has 0 amide bonds. The van der Waals surface area contributed by atoms with Crippen LogP contribution >= 0.6 is 0 Å². The van der Waals surface area contributed by atoms with E-state index in [9.17, 15) is 9.18 Å². The molecule has 0 bridgehead atoms. The third-order valence-electron chi connectivity index (χ3n) is 2.72. The maximum absolute atomic E-state index is 13.5. The van der Waals surface area contributed by atoms with E-state index in [-0.39, 0.29) is 17.9 Å². The Balaban J connectivity index is 2.21. The van der Waals surface area contributed by atoms with Crippen LogP contribution < -0.4 is 11.1 Å². The number of methoxy groups -OCH3 is 1. The van der Waals surface area contributed by atoms with Crippen molar-refractivity contribution in [3.05, 3.63) is 53.5 Å². The molecule has 6 heteroatoms. The van der Waals surface area contributed by atoms with Crippen molar-refractivity contribution in [1.82, 2.24) is 4.98 Å². The van der Waals surface area contributed by atoms with E-state index in [1.165, 1.54) is 25.4 Å². The molecule has 5 nitrogen and oxygen atoms in total. The minimum Gasteiger partial charge on any atom is -0.465 e. The van der Waals surface area contributed by atoms with Gasteiger partial charge in [0.1, 0.15) is 17.2 Å². The molecule has 104 valence electrons. The Morgan fingerprint density at radius 1 is 1.45 bits per heavy atom. The largest absolute Gasteiger partial charge is 0.465 e. The lowest BCUT2D eigenvalue weighted by Gasteiger charge is -2.10. The van der Waals surface area contributed by atoms with Gasteiger partial charge in [0.05, 0.1) is 19.0 Å². The Bertz CT molecular complexity index is 632. The van der Waals surface area contributed by atoms with E-state index < -0.39 is 5.97 Å². The van der Waals surface area contributed by atoms with Crippen molar-refractivity contribution in [3.63, 3.8) is 0 Å². The number of hydrogen-bond acceptors (Lipinski definition) is 5. The lowest BCUT2D eigenvalue weighted by molar-refractivity contribution is 0.0601. The fourth-order valence-corrected chi connectivity index (χ4v) is 1.71. The van der Waals surface area contributed by atoms with Crippen LogP contribution in [0.1, 0.15) is 15.9 Å². The second kappa shape index (κ2) is 6.01. The molecule has 0 saturated heterocycles. The van der Waals surface area contributed by atoms with E-state index in [2.05, 4.69) is 15.0 Å². The Kier molecular flexibility index (Phi) is 4.14. The molecule has 2 aromatic rings. The van der Waals surface area contributed by atoms with Crippen LogP contribution in [0.3, 0.4) is 0 Å². The first-order valence-electron chi connectivity index (χ1n) is 5.93. The lowest BCUT2D eigenvalue weighted by atomic mass is 10.2. The van der Waals surface area contributed by atoms with Crippen LogP contribution in [0.15, 0.2) is 36.5 Å². The van der Waals surface area contributed by atoms with Crippen LogP contribution in [-0.4, -0.2) is 18.1 Å². The topological polar surface area (TPSA) is 77.2 Å². The molecule has 0 radical (unpaired) electrons. The van der Waals surface area contributed by atoms with Crippen LogP contribution in [0, 0.1) is 5.82 Å². The third-order valence-corrected chi connectivity index (χ3v) is 2.72. The van der Waals surface area contributed by atoms with E-state index in [0.717, 1.165) is 0 Å². The van der Waals surface area contributed by atoms with Gasteiger partial charge in [-0.1, -0.05) is 18.2 Å². The summed E-state index contributed by atoms with van der Waals surface area (Å²) in [4.78, 5) is 15.7. The summed E-state index contributed by atoms with van der Waals surface area (Å²) in [6.45, 7) is 0.202. The maximum atomic E-state index is 13.5. The predicted octanol–water partition coefficient (Wildman–Crippen LogP) is 2.20. The zero-order chi connectivity index (χ0) is 14.5. The van der Waals surface area contributed by atoms with E-state index in [4.69, 9.17) is 5.73 Å². The smallest absolute Gasteiger partial charge is 0.341 e. The van der Waals surface area contributed by atoms with Crippen molar-refractivity contribution >= 4 is 17.5 Å². The van der Waals surface area contributed by atoms with Crippen molar-refractivity contribution in [2.75, 3.05) is 18.2 Å². The molecule has 0 aliphatic rings. The van der Waals surface area contributed by atoms with Crippen molar-refractivity contribution < 1.29 is 13.9 Å². The first kappa shape index (κ1) is 13.8. The Hall–Kier alpha value is -2.63. The second-order valence-corrected chi connectivity index (χ2v) is 4.10. The Labute approximate surface area is 115 Å². The third kappa shape index (κ3) is 3.03. The molecule has 0 unspecified atom stereocenters. The number of hydrogen-bond donors (Lipinski definition) is 2. The number of nitrogen functional groups attached to an aromatic ring is 1. The maximum Gasteiger partial charge on any atom is 0.341 e. The highest BCUT2D eigenvalue weighted by molar-refractivity contribution is 5.95. The number of halogens is 1. The number of nitrogens with zero attached hydrogens (tertiary/aromatic N) is 1. The van der Waals surface area contributed by atoms with Gasteiger partial charge < -0.3 is 15.8 Å². The number of anilines is 2. The zero-order valence-electron chi connectivity index (χ0n) is 10.9. The quantitative estimate of drug-likeness (QED) is 0.836. The summed E-state index contributed by atoms with van der Waals surface area (Å²) in [6, 6.07) is 7.83. The second-order valence-electron chi connectivity index (χ2n) is 4.10. The molecule has 1 aromatic heterocycles. The summed E-state index contributed by atoms with van der Waals surface area (Å²) in [7, 11) is 1.27. The molecule has 0 atom stereocenters. The van der Waals surface area contributed by atoms with Gasteiger partial charge in [0.15, 0.2) is 0 Å². The number of pyridine rings is 1. The first-order chi connectivity index (χ1) is 9.61. The fraction of sp³-hybridized carbons (Fsp3) is 0.143. The highest BCUT2D eigenvalue weighted by atomic mass is 19.1. The van der Waals surface area contributed by atoms with Gasteiger partial charge in [0.25, 0.3) is 0 Å². The van der Waals surface area contributed by atoms with Crippen molar-refractivity contribution in [2.24, 2.45) is 0 Å². The summed E-state index contributed by atoms with van der Waals surface area (Å²) >= 11 is 0. The molecule has 2 rings (SSSR count). The van der Waals surface area contributed by atoms with E-state index in [1.807, 2.05) is 0 Å². The number of carbonyl (C=O) groups is 1. The highest BCUT2D eigenvalue weighted by Crippen LogP contribution is 2.18. The molecular formula is C14H14FN3O2. The predicted molar refractivity (Wildman–Crippen MR) is 73.7 cm³/mol. The number of benzene rings is 1. The lowest BCUT2D eigenvalue weighted by Crippen LogP contribution is -2.11. The minimum atomic E-state index is -0.555. The number of ether oxygens (including phenoxy) is 1. The van der Waals surface area contributed by atoms with Gasteiger partial charge in [-0.3, -0.25) is 0 Å². The van der Waals surface area contributed by atoms with Crippen LogP contribution in [0.5, 0.6) is 0 Å². The van der Waals surface area contributed by atoms with Gasteiger partial charge in [0, 0.05) is 12.1 Å². The molecule has 3 N–H and O–H groups in total. The van der Waals surface area contributed by atoms with Gasteiger partial charge in [-0.05, 0) is 12.1 Å². The summed E-state index contributed by atoms with van der Waals surface area (Å²) in [5.41, 5.74) is 6.63. The molecule has 0 aliphatic carbocycles. The summed E-state index contributed by atoms with van der Waals surface area (Å²) in [5.74, 6) is -0.579. The Morgan fingerprint density at radius 2 is 2.20 bits per heavy atom. The highest BCUT2D eigenvalue weighted by Gasteiger charge is 2.14. The molecule has 0 spiro atoms. The van der Waals surface area contributed by atoms with Gasteiger partial charge in [-0.25, -0.2) is 14.2 Å². The number of nitrogens with two attached hydrogens (primary N) is 1. The van der Waals surface area contributed by atoms with Crippen LogP contribution in [-0.2, 0) is 11.3 Å². The van der Waals surface area contributed by atoms with E-state index in [0.29, 0.717) is 17.1 Å². The number of carbonyl (C=O) groups excluding carboxylic acids is 1. The molecule has 0 saturated carbocycles. The normalized spacial score (nSPS) is 10.1.